The molecule has 0 N–H and O–H groups in total. The topological polar surface area (TPSA) is 26.0 Å². The maximum atomic E-state index is 5.99. The van der Waals surface area contributed by atoms with Crippen LogP contribution in [-0.2, 0) is 0 Å². The van der Waals surface area contributed by atoms with Crippen molar-refractivity contribution in [1.29, 1.82) is 0 Å². The second-order valence-corrected chi connectivity index (χ2v) is 9.16. The maximum Gasteiger partial charge on any atom is 0.135 e. The van der Waals surface area contributed by atoms with Crippen LogP contribution in [0.2, 0.25) is 0 Å². The lowest BCUT2D eigenvalue weighted by Gasteiger charge is -2.06. The van der Waals surface area contributed by atoms with Crippen molar-refractivity contribution in [3.05, 3.63) is 103 Å². The van der Waals surface area contributed by atoms with E-state index in [2.05, 4.69) is 83.8 Å². The number of rotatable bonds is 2. The summed E-state index contributed by atoms with van der Waals surface area (Å²) in [5.74, 6) is 0. The largest absolute Gasteiger partial charge is 0.456 e. The smallest absolute Gasteiger partial charge is 0.135 e. The van der Waals surface area contributed by atoms with Gasteiger partial charge in [-0.25, -0.2) is 0 Å². The second-order valence-electron chi connectivity index (χ2n) is 8.08. The van der Waals surface area contributed by atoms with Gasteiger partial charge in [-0.2, -0.15) is 0 Å². The van der Waals surface area contributed by atoms with Crippen LogP contribution in [0.25, 0.3) is 64.4 Å². The quantitative estimate of drug-likeness (QED) is 0.276. The highest BCUT2D eigenvalue weighted by Crippen LogP contribution is 2.37. The van der Waals surface area contributed by atoms with E-state index in [9.17, 15) is 0 Å². The Kier molecular flexibility index (Phi) is 3.75. The number of benzene rings is 4. The van der Waals surface area contributed by atoms with E-state index in [1.165, 1.54) is 25.7 Å². The van der Waals surface area contributed by atoms with Crippen molar-refractivity contribution >= 4 is 53.4 Å². The molecule has 0 amide bonds. The third-order valence-corrected chi connectivity index (χ3v) is 7.31. The van der Waals surface area contributed by atoms with E-state index in [1.807, 2.05) is 35.9 Å². The normalized spacial score (nSPS) is 11.8. The molecule has 32 heavy (non-hydrogen) atoms. The zero-order valence-corrected chi connectivity index (χ0v) is 17.9. The van der Waals surface area contributed by atoms with Crippen LogP contribution in [-0.4, -0.2) is 4.98 Å². The minimum absolute atomic E-state index is 0.911. The molecule has 0 saturated carbocycles. The summed E-state index contributed by atoms with van der Waals surface area (Å²) in [4.78, 5) is 4.58. The molecule has 0 aliphatic rings. The summed E-state index contributed by atoms with van der Waals surface area (Å²) in [5.41, 5.74) is 6.38. The number of hydrogen-bond donors (Lipinski definition) is 0. The molecule has 3 aromatic heterocycles. The SMILES string of the molecule is c1ccc2c(c1)oc1ccc(-c3cncc(-c4ccc5sc6ccccc6c5c4)c3)cc12. The Hall–Kier alpha value is -3.95. The molecular formula is C29H17NOS. The van der Waals surface area contributed by atoms with Crippen LogP contribution in [0, 0.1) is 0 Å². The van der Waals surface area contributed by atoms with Crippen LogP contribution in [0.15, 0.2) is 108 Å². The van der Waals surface area contributed by atoms with Crippen LogP contribution < -0.4 is 0 Å². The third kappa shape index (κ3) is 2.68. The first-order chi connectivity index (χ1) is 15.8. The first-order valence-corrected chi connectivity index (χ1v) is 11.4. The Morgan fingerprint density at radius 2 is 1.16 bits per heavy atom. The summed E-state index contributed by atoms with van der Waals surface area (Å²) in [6.07, 6.45) is 3.89. The van der Waals surface area contributed by atoms with Gasteiger partial charge < -0.3 is 4.42 Å². The van der Waals surface area contributed by atoms with Gasteiger partial charge in [0.1, 0.15) is 11.2 Å². The second kappa shape index (κ2) is 6.78. The zero-order valence-electron chi connectivity index (χ0n) is 17.1. The first kappa shape index (κ1) is 17.7. The molecule has 0 unspecified atom stereocenters. The summed E-state index contributed by atoms with van der Waals surface area (Å²) in [6.45, 7) is 0. The van der Waals surface area contributed by atoms with Gasteiger partial charge in [-0.1, -0.05) is 48.5 Å². The molecule has 0 fully saturated rings. The van der Waals surface area contributed by atoms with Crippen molar-refractivity contribution in [1.82, 2.24) is 4.98 Å². The van der Waals surface area contributed by atoms with E-state index in [1.54, 1.807) is 0 Å². The molecule has 0 saturated heterocycles. The van der Waals surface area contributed by atoms with E-state index in [0.29, 0.717) is 0 Å². The lowest BCUT2D eigenvalue weighted by atomic mass is 9.99. The number of para-hydroxylation sites is 1. The van der Waals surface area contributed by atoms with E-state index in [-0.39, 0.29) is 0 Å². The fourth-order valence-electron chi connectivity index (χ4n) is 4.57. The average Bonchev–Trinajstić information content (AvgIpc) is 3.41. The summed E-state index contributed by atoms with van der Waals surface area (Å²) >= 11 is 1.84. The molecule has 0 spiro atoms. The van der Waals surface area contributed by atoms with Crippen molar-refractivity contribution in [2.24, 2.45) is 0 Å². The van der Waals surface area contributed by atoms with Gasteiger partial charge in [0, 0.05) is 54.5 Å². The van der Waals surface area contributed by atoms with Gasteiger partial charge in [-0.15, -0.1) is 11.3 Å². The van der Waals surface area contributed by atoms with E-state index in [4.69, 9.17) is 4.42 Å². The fourth-order valence-corrected chi connectivity index (χ4v) is 5.65. The van der Waals surface area contributed by atoms with Gasteiger partial charge in [0.15, 0.2) is 0 Å². The molecule has 0 aliphatic carbocycles. The van der Waals surface area contributed by atoms with Gasteiger partial charge >= 0.3 is 0 Å². The van der Waals surface area contributed by atoms with Crippen LogP contribution in [0.3, 0.4) is 0 Å². The number of furan rings is 1. The molecule has 2 nitrogen and oxygen atoms in total. The molecule has 3 heteroatoms. The maximum absolute atomic E-state index is 5.99. The molecule has 0 radical (unpaired) electrons. The number of aromatic nitrogens is 1. The number of pyridine rings is 1. The zero-order chi connectivity index (χ0) is 21.1. The predicted molar refractivity (Wildman–Crippen MR) is 135 cm³/mol. The van der Waals surface area contributed by atoms with Crippen molar-refractivity contribution < 1.29 is 4.42 Å². The number of fused-ring (bicyclic) bond motifs is 6. The summed E-state index contributed by atoms with van der Waals surface area (Å²) in [6, 6.07) is 32.1. The van der Waals surface area contributed by atoms with Crippen LogP contribution in [0.1, 0.15) is 0 Å². The van der Waals surface area contributed by atoms with E-state index >= 15 is 0 Å². The van der Waals surface area contributed by atoms with Gasteiger partial charge in [-0.3, -0.25) is 4.98 Å². The molecule has 150 valence electrons. The van der Waals surface area contributed by atoms with E-state index < -0.39 is 0 Å². The Morgan fingerprint density at radius 1 is 0.500 bits per heavy atom. The Labute approximate surface area is 188 Å². The fraction of sp³-hybridized carbons (Fsp3) is 0. The highest BCUT2D eigenvalue weighted by atomic mass is 32.1. The Balaban J connectivity index is 1.37. The lowest BCUT2D eigenvalue weighted by Crippen LogP contribution is -1.84. The van der Waals surface area contributed by atoms with Crippen molar-refractivity contribution in [2.45, 2.75) is 0 Å². The average molecular weight is 428 g/mol. The Bertz CT molecular complexity index is 1660. The highest BCUT2D eigenvalue weighted by Gasteiger charge is 2.10. The van der Waals surface area contributed by atoms with Crippen molar-refractivity contribution in [2.75, 3.05) is 0 Å². The third-order valence-electron chi connectivity index (χ3n) is 6.16. The minimum Gasteiger partial charge on any atom is -0.456 e. The number of thiophene rings is 1. The molecule has 0 bridgehead atoms. The standard InChI is InChI=1S/C29H17NOS/c1-3-7-26-22(5-1)24-14-18(9-11-27(24)31-26)20-13-21(17-30-16-20)19-10-12-29-25(15-19)23-6-2-4-8-28(23)32-29/h1-17H. The monoisotopic (exact) mass is 427 g/mol. The van der Waals surface area contributed by atoms with E-state index in [0.717, 1.165) is 38.6 Å². The summed E-state index contributed by atoms with van der Waals surface area (Å²) in [5, 5.41) is 4.90. The van der Waals surface area contributed by atoms with Crippen molar-refractivity contribution in [3.8, 4) is 22.3 Å². The summed E-state index contributed by atoms with van der Waals surface area (Å²) in [7, 11) is 0. The van der Waals surface area contributed by atoms with Gasteiger partial charge in [0.05, 0.1) is 0 Å². The number of hydrogen-bond acceptors (Lipinski definition) is 3. The molecule has 7 aromatic rings. The first-order valence-electron chi connectivity index (χ1n) is 10.6. The molecule has 0 atom stereocenters. The summed E-state index contributed by atoms with van der Waals surface area (Å²) < 4.78 is 8.63. The van der Waals surface area contributed by atoms with Gasteiger partial charge in [-0.05, 0) is 53.6 Å². The number of nitrogens with zero attached hydrogens (tertiary/aromatic N) is 1. The van der Waals surface area contributed by atoms with Crippen LogP contribution in [0.5, 0.6) is 0 Å². The highest BCUT2D eigenvalue weighted by molar-refractivity contribution is 7.25. The molecule has 0 aliphatic heterocycles. The molecule has 3 heterocycles. The van der Waals surface area contributed by atoms with Gasteiger partial charge in [0.25, 0.3) is 0 Å². The molecular weight excluding hydrogens is 410 g/mol. The molecule has 4 aromatic carbocycles. The minimum atomic E-state index is 0.911. The van der Waals surface area contributed by atoms with Crippen LogP contribution in [0.4, 0.5) is 0 Å². The van der Waals surface area contributed by atoms with Gasteiger partial charge in [0.2, 0.25) is 0 Å². The van der Waals surface area contributed by atoms with Crippen LogP contribution >= 0.6 is 11.3 Å². The Morgan fingerprint density at radius 3 is 2.03 bits per heavy atom. The predicted octanol–water partition coefficient (Wildman–Crippen LogP) is 8.68. The van der Waals surface area contributed by atoms with Crippen molar-refractivity contribution in [3.63, 3.8) is 0 Å². The lowest BCUT2D eigenvalue weighted by molar-refractivity contribution is 0.669. The molecule has 7 rings (SSSR count).